The molecule has 0 saturated carbocycles. The van der Waals surface area contributed by atoms with Gasteiger partial charge in [-0.15, -0.1) is 0 Å². The fourth-order valence-corrected chi connectivity index (χ4v) is 1.50. The van der Waals surface area contributed by atoms with Crippen molar-refractivity contribution in [2.45, 2.75) is 0 Å². The number of rotatable bonds is 3. The average Bonchev–Trinajstić information content (AvgIpc) is 2.18. The molecule has 0 fully saturated rings. The molecule has 0 saturated heterocycles. The predicted octanol–water partition coefficient (Wildman–Crippen LogP) is 2.57. The second kappa shape index (κ2) is 5.12. The molecule has 14 heavy (non-hydrogen) atoms. The van der Waals surface area contributed by atoms with Crippen molar-refractivity contribution in [3.05, 3.63) is 34.1 Å². The van der Waals surface area contributed by atoms with E-state index in [9.17, 15) is 4.39 Å². The Hall–Kier alpha value is -0.870. The van der Waals surface area contributed by atoms with Crippen LogP contribution in [0, 0.1) is 5.82 Å². The molecule has 0 amide bonds. The molecule has 0 bridgehead atoms. The molecule has 0 spiro atoms. The molecule has 0 unspecified atom stereocenters. The summed E-state index contributed by atoms with van der Waals surface area (Å²) >= 11 is 3.27. The van der Waals surface area contributed by atoms with Gasteiger partial charge in [-0.05, 0) is 12.1 Å². The number of benzene rings is 1. The summed E-state index contributed by atoms with van der Waals surface area (Å²) in [6.07, 6.45) is 3.31. The number of methoxy groups -OCH3 is 1. The van der Waals surface area contributed by atoms with Gasteiger partial charge in [0.25, 0.3) is 0 Å². The first-order chi connectivity index (χ1) is 6.69. The molecule has 0 heterocycles. The van der Waals surface area contributed by atoms with Crippen LogP contribution in [0.4, 0.5) is 4.39 Å². The Labute approximate surface area is 90.7 Å². The molecule has 2 N–H and O–H groups in total. The third-order valence-electron chi connectivity index (χ3n) is 1.69. The third kappa shape index (κ3) is 2.56. The normalized spacial score (nSPS) is 10.9. The summed E-state index contributed by atoms with van der Waals surface area (Å²) in [5.41, 5.74) is 5.74. The minimum absolute atomic E-state index is 0.219. The first-order valence-corrected chi connectivity index (χ1v) is 4.88. The van der Waals surface area contributed by atoms with E-state index in [0.29, 0.717) is 12.1 Å². The Kier molecular flexibility index (Phi) is 4.10. The lowest BCUT2D eigenvalue weighted by Gasteiger charge is -2.05. The largest absolute Gasteiger partial charge is 0.494 e. The highest BCUT2D eigenvalue weighted by atomic mass is 79.9. The van der Waals surface area contributed by atoms with Crippen molar-refractivity contribution in [1.82, 2.24) is 0 Å². The SMILES string of the molecule is COc1cc(Br)cc(/C=C/CN)c1F. The summed E-state index contributed by atoms with van der Waals surface area (Å²) in [5.74, 6) is -0.156. The van der Waals surface area contributed by atoms with Gasteiger partial charge in [-0.2, -0.15) is 0 Å². The van der Waals surface area contributed by atoms with Crippen LogP contribution in [-0.4, -0.2) is 13.7 Å². The van der Waals surface area contributed by atoms with Crippen LogP contribution >= 0.6 is 15.9 Å². The van der Waals surface area contributed by atoms with E-state index in [1.807, 2.05) is 0 Å². The molecule has 0 aliphatic heterocycles. The summed E-state index contributed by atoms with van der Waals surface area (Å²) in [5, 5.41) is 0. The van der Waals surface area contributed by atoms with E-state index in [4.69, 9.17) is 10.5 Å². The standard InChI is InChI=1S/C10H11BrFNO/c1-14-9-6-8(11)5-7(10(9)12)3-2-4-13/h2-3,5-6H,4,13H2,1H3/b3-2+. The van der Waals surface area contributed by atoms with Crippen molar-refractivity contribution in [2.24, 2.45) is 5.73 Å². The molecule has 0 aromatic heterocycles. The number of ether oxygens (including phenoxy) is 1. The lowest BCUT2D eigenvalue weighted by atomic mass is 10.2. The summed E-state index contributed by atoms with van der Waals surface area (Å²) in [6.45, 7) is 0.383. The van der Waals surface area contributed by atoms with Gasteiger partial charge in [0.15, 0.2) is 11.6 Å². The van der Waals surface area contributed by atoms with Crippen LogP contribution in [0.25, 0.3) is 6.08 Å². The molecule has 1 aromatic rings. The lowest BCUT2D eigenvalue weighted by Crippen LogP contribution is -1.94. The van der Waals surface area contributed by atoms with Crippen LogP contribution in [0.2, 0.25) is 0 Å². The Bertz CT molecular complexity index is 352. The zero-order chi connectivity index (χ0) is 10.6. The molecule has 2 nitrogen and oxygen atoms in total. The number of hydrogen-bond donors (Lipinski definition) is 1. The fraction of sp³-hybridized carbons (Fsp3) is 0.200. The smallest absolute Gasteiger partial charge is 0.172 e. The van der Waals surface area contributed by atoms with E-state index in [2.05, 4.69) is 15.9 Å². The first kappa shape index (κ1) is 11.2. The van der Waals surface area contributed by atoms with Crippen molar-refractivity contribution in [3.8, 4) is 5.75 Å². The zero-order valence-electron chi connectivity index (χ0n) is 7.76. The average molecular weight is 260 g/mol. The maximum Gasteiger partial charge on any atom is 0.172 e. The van der Waals surface area contributed by atoms with E-state index in [-0.39, 0.29) is 11.6 Å². The molecule has 1 rings (SSSR count). The van der Waals surface area contributed by atoms with E-state index < -0.39 is 0 Å². The van der Waals surface area contributed by atoms with Gasteiger partial charge in [0.1, 0.15) is 0 Å². The Morgan fingerprint density at radius 3 is 2.86 bits per heavy atom. The van der Waals surface area contributed by atoms with E-state index in [1.54, 1.807) is 24.3 Å². The zero-order valence-corrected chi connectivity index (χ0v) is 9.34. The Morgan fingerprint density at radius 1 is 1.57 bits per heavy atom. The maximum atomic E-state index is 13.5. The highest BCUT2D eigenvalue weighted by Gasteiger charge is 2.07. The maximum absolute atomic E-state index is 13.5. The lowest BCUT2D eigenvalue weighted by molar-refractivity contribution is 0.386. The van der Waals surface area contributed by atoms with Crippen LogP contribution in [0.15, 0.2) is 22.7 Å². The van der Waals surface area contributed by atoms with Gasteiger partial charge in [-0.1, -0.05) is 28.1 Å². The van der Waals surface area contributed by atoms with Gasteiger partial charge in [-0.25, -0.2) is 4.39 Å². The van der Waals surface area contributed by atoms with Crippen LogP contribution < -0.4 is 10.5 Å². The minimum atomic E-state index is -0.375. The summed E-state index contributed by atoms with van der Waals surface area (Å²) < 4.78 is 19.2. The Morgan fingerprint density at radius 2 is 2.29 bits per heavy atom. The molecular weight excluding hydrogens is 249 g/mol. The van der Waals surface area contributed by atoms with E-state index >= 15 is 0 Å². The van der Waals surface area contributed by atoms with Gasteiger partial charge in [-0.3, -0.25) is 0 Å². The monoisotopic (exact) mass is 259 g/mol. The van der Waals surface area contributed by atoms with Gasteiger partial charge in [0.05, 0.1) is 7.11 Å². The fourth-order valence-electron chi connectivity index (χ4n) is 1.05. The molecular formula is C10H11BrFNO. The molecule has 0 atom stereocenters. The minimum Gasteiger partial charge on any atom is -0.494 e. The van der Waals surface area contributed by atoms with Crippen LogP contribution in [-0.2, 0) is 0 Å². The third-order valence-corrected chi connectivity index (χ3v) is 2.14. The molecule has 76 valence electrons. The summed E-state index contributed by atoms with van der Waals surface area (Å²) in [6, 6.07) is 3.25. The molecule has 1 aromatic carbocycles. The van der Waals surface area contributed by atoms with Crippen LogP contribution in [0.1, 0.15) is 5.56 Å². The van der Waals surface area contributed by atoms with Crippen molar-refractivity contribution in [1.29, 1.82) is 0 Å². The van der Waals surface area contributed by atoms with E-state index in [1.165, 1.54) is 7.11 Å². The van der Waals surface area contributed by atoms with Crippen LogP contribution in [0.3, 0.4) is 0 Å². The number of halogens is 2. The number of hydrogen-bond acceptors (Lipinski definition) is 2. The van der Waals surface area contributed by atoms with Crippen LogP contribution in [0.5, 0.6) is 5.75 Å². The van der Waals surface area contributed by atoms with E-state index in [0.717, 1.165) is 4.47 Å². The quantitative estimate of drug-likeness (QED) is 0.906. The highest BCUT2D eigenvalue weighted by molar-refractivity contribution is 9.10. The molecule has 0 radical (unpaired) electrons. The van der Waals surface area contributed by atoms with Crippen molar-refractivity contribution < 1.29 is 9.13 Å². The van der Waals surface area contributed by atoms with Gasteiger partial charge >= 0.3 is 0 Å². The molecule has 0 aliphatic rings. The number of nitrogens with two attached hydrogens (primary N) is 1. The van der Waals surface area contributed by atoms with Crippen molar-refractivity contribution in [2.75, 3.05) is 13.7 Å². The summed E-state index contributed by atoms with van der Waals surface area (Å²) in [7, 11) is 1.43. The predicted molar refractivity (Wildman–Crippen MR) is 58.7 cm³/mol. The topological polar surface area (TPSA) is 35.2 Å². The second-order valence-electron chi connectivity index (χ2n) is 2.65. The Balaban J connectivity index is 3.15. The first-order valence-electron chi connectivity index (χ1n) is 4.08. The van der Waals surface area contributed by atoms with Gasteiger partial charge in [0.2, 0.25) is 0 Å². The molecule has 0 aliphatic carbocycles. The summed E-state index contributed by atoms with van der Waals surface area (Å²) in [4.78, 5) is 0. The van der Waals surface area contributed by atoms with Crippen molar-refractivity contribution >= 4 is 22.0 Å². The van der Waals surface area contributed by atoms with Gasteiger partial charge in [0, 0.05) is 16.6 Å². The second-order valence-corrected chi connectivity index (χ2v) is 3.57. The molecule has 4 heteroatoms. The highest BCUT2D eigenvalue weighted by Crippen LogP contribution is 2.26. The van der Waals surface area contributed by atoms with Gasteiger partial charge < -0.3 is 10.5 Å². The van der Waals surface area contributed by atoms with Crippen molar-refractivity contribution in [3.63, 3.8) is 0 Å².